The maximum absolute atomic E-state index is 13.8. The predicted molar refractivity (Wildman–Crippen MR) is 65.5 cm³/mol. The summed E-state index contributed by atoms with van der Waals surface area (Å²) in [5.41, 5.74) is 1.14. The fourth-order valence-corrected chi connectivity index (χ4v) is 2.25. The van der Waals surface area contributed by atoms with Gasteiger partial charge in [0.15, 0.2) is 5.78 Å². The highest BCUT2D eigenvalue weighted by atomic mass is 19.1. The fourth-order valence-electron chi connectivity index (χ4n) is 2.25. The molecule has 0 unspecified atom stereocenters. The molecule has 1 aromatic rings. The van der Waals surface area contributed by atoms with Crippen LogP contribution >= 0.6 is 0 Å². The van der Waals surface area contributed by atoms with Crippen molar-refractivity contribution in [2.75, 3.05) is 13.1 Å². The van der Waals surface area contributed by atoms with Gasteiger partial charge in [0.1, 0.15) is 5.82 Å². The molecule has 1 aromatic carbocycles. The number of piperidine rings is 1. The van der Waals surface area contributed by atoms with E-state index in [4.69, 9.17) is 0 Å². The predicted octanol–water partition coefficient (Wildman–Crippen LogP) is 3.01. The highest BCUT2D eigenvalue weighted by Crippen LogP contribution is 2.16. The second-order valence-electron chi connectivity index (χ2n) is 4.70. The first kappa shape index (κ1) is 12.2. The van der Waals surface area contributed by atoms with E-state index in [9.17, 15) is 9.18 Å². The highest BCUT2D eigenvalue weighted by molar-refractivity contribution is 5.94. The van der Waals surface area contributed by atoms with Gasteiger partial charge in [0, 0.05) is 17.7 Å². The van der Waals surface area contributed by atoms with E-state index < -0.39 is 0 Å². The molecule has 1 aliphatic rings. The summed E-state index contributed by atoms with van der Waals surface area (Å²) < 4.78 is 13.8. The van der Waals surface area contributed by atoms with E-state index in [0.717, 1.165) is 13.1 Å². The maximum atomic E-state index is 13.8. The second-order valence-corrected chi connectivity index (χ2v) is 4.70. The van der Waals surface area contributed by atoms with Crippen molar-refractivity contribution >= 4 is 5.78 Å². The third kappa shape index (κ3) is 3.13. The van der Waals surface area contributed by atoms with Crippen molar-refractivity contribution in [2.24, 2.45) is 0 Å². The lowest BCUT2D eigenvalue weighted by molar-refractivity contribution is 0.101. The summed E-state index contributed by atoms with van der Waals surface area (Å²) in [6, 6.07) is 4.80. The summed E-state index contributed by atoms with van der Waals surface area (Å²) in [4.78, 5) is 13.4. The number of hydrogen-bond acceptors (Lipinski definition) is 2. The Hall–Kier alpha value is -1.22. The molecule has 2 nitrogen and oxygen atoms in total. The molecule has 0 aromatic heterocycles. The van der Waals surface area contributed by atoms with E-state index in [2.05, 4.69) is 4.90 Å². The van der Waals surface area contributed by atoms with E-state index in [1.165, 1.54) is 32.3 Å². The van der Waals surface area contributed by atoms with Crippen molar-refractivity contribution < 1.29 is 9.18 Å². The molecule has 0 radical (unpaired) electrons. The molecule has 0 atom stereocenters. The minimum Gasteiger partial charge on any atom is -0.299 e. The van der Waals surface area contributed by atoms with Crippen molar-refractivity contribution in [3.05, 3.63) is 35.1 Å². The van der Waals surface area contributed by atoms with Crippen LogP contribution in [0.5, 0.6) is 0 Å². The first-order valence-corrected chi connectivity index (χ1v) is 6.18. The standard InChI is InChI=1S/C14H18FNO/c1-11(17)12-5-6-13(14(15)9-12)10-16-7-3-2-4-8-16/h5-6,9H,2-4,7-8,10H2,1H3. The number of halogens is 1. The molecule has 0 N–H and O–H groups in total. The van der Waals surface area contributed by atoms with E-state index in [1.54, 1.807) is 12.1 Å². The van der Waals surface area contributed by atoms with Gasteiger partial charge in [0.05, 0.1) is 0 Å². The monoisotopic (exact) mass is 235 g/mol. The normalized spacial score (nSPS) is 17.1. The van der Waals surface area contributed by atoms with Crippen LogP contribution in [0.15, 0.2) is 18.2 Å². The topological polar surface area (TPSA) is 20.3 Å². The number of ketones is 1. The van der Waals surface area contributed by atoms with Gasteiger partial charge in [-0.2, -0.15) is 0 Å². The Morgan fingerprint density at radius 2 is 2.00 bits per heavy atom. The molecular weight excluding hydrogens is 217 g/mol. The molecule has 92 valence electrons. The van der Waals surface area contributed by atoms with Crippen molar-refractivity contribution in [3.8, 4) is 0 Å². The van der Waals surface area contributed by atoms with Gasteiger partial charge in [-0.15, -0.1) is 0 Å². The quantitative estimate of drug-likeness (QED) is 0.751. The summed E-state index contributed by atoms with van der Waals surface area (Å²) in [5.74, 6) is -0.350. The van der Waals surface area contributed by atoms with Crippen LogP contribution < -0.4 is 0 Å². The largest absolute Gasteiger partial charge is 0.299 e. The van der Waals surface area contributed by atoms with Crippen LogP contribution in [0.25, 0.3) is 0 Å². The molecule has 17 heavy (non-hydrogen) atoms. The number of rotatable bonds is 3. The molecule has 0 aliphatic carbocycles. The van der Waals surface area contributed by atoms with E-state index >= 15 is 0 Å². The van der Waals surface area contributed by atoms with E-state index in [1.807, 2.05) is 0 Å². The molecule has 1 fully saturated rings. The van der Waals surface area contributed by atoms with Gasteiger partial charge in [-0.3, -0.25) is 9.69 Å². The maximum Gasteiger partial charge on any atom is 0.159 e. The number of Topliss-reactive ketones (excluding diaryl/α,β-unsaturated/α-hetero) is 1. The zero-order valence-electron chi connectivity index (χ0n) is 10.2. The van der Waals surface area contributed by atoms with Crippen LogP contribution in [-0.4, -0.2) is 23.8 Å². The molecule has 0 bridgehead atoms. The third-order valence-electron chi connectivity index (χ3n) is 3.30. The lowest BCUT2D eigenvalue weighted by atomic mass is 10.1. The zero-order chi connectivity index (χ0) is 12.3. The van der Waals surface area contributed by atoms with Crippen LogP contribution in [0.1, 0.15) is 42.1 Å². The number of hydrogen-bond donors (Lipinski definition) is 0. The minimum atomic E-state index is -0.261. The second kappa shape index (κ2) is 5.41. The Morgan fingerprint density at radius 3 is 2.59 bits per heavy atom. The molecule has 0 saturated carbocycles. The summed E-state index contributed by atoms with van der Waals surface area (Å²) >= 11 is 0. The molecule has 1 saturated heterocycles. The van der Waals surface area contributed by atoms with Crippen LogP contribution in [0.4, 0.5) is 4.39 Å². The molecule has 1 heterocycles. The molecular formula is C14H18FNO. The number of nitrogens with zero attached hydrogens (tertiary/aromatic N) is 1. The molecule has 0 amide bonds. The lowest BCUT2D eigenvalue weighted by Gasteiger charge is -2.26. The van der Waals surface area contributed by atoms with Crippen molar-refractivity contribution in [1.82, 2.24) is 4.90 Å². The van der Waals surface area contributed by atoms with Crippen LogP contribution in [0.2, 0.25) is 0 Å². The molecule has 1 aliphatic heterocycles. The van der Waals surface area contributed by atoms with Crippen LogP contribution in [0.3, 0.4) is 0 Å². The van der Waals surface area contributed by atoms with Gasteiger partial charge in [-0.25, -0.2) is 4.39 Å². The number of benzene rings is 1. The van der Waals surface area contributed by atoms with Gasteiger partial charge >= 0.3 is 0 Å². The molecule has 0 spiro atoms. The number of carbonyl (C=O) groups is 1. The summed E-state index contributed by atoms with van der Waals surface area (Å²) in [7, 11) is 0. The first-order chi connectivity index (χ1) is 8.16. The highest BCUT2D eigenvalue weighted by Gasteiger charge is 2.13. The number of carbonyl (C=O) groups excluding carboxylic acids is 1. The molecule has 2 rings (SSSR count). The average molecular weight is 235 g/mol. The number of likely N-dealkylation sites (tertiary alicyclic amines) is 1. The van der Waals surface area contributed by atoms with E-state index in [-0.39, 0.29) is 11.6 Å². The van der Waals surface area contributed by atoms with Gasteiger partial charge in [0.2, 0.25) is 0 Å². The van der Waals surface area contributed by atoms with Crippen LogP contribution in [0, 0.1) is 5.82 Å². The van der Waals surface area contributed by atoms with Crippen molar-refractivity contribution in [3.63, 3.8) is 0 Å². The third-order valence-corrected chi connectivity index (χ3v) is 3.30. The Morgan fingerprint density at radius 1 is 1.29 bits per heavy atom. The van der Waals surface area contributed by atoms with Crippen LogP contribution in [-0.2, 0) is 6.54 Å². The average Bonchev–Trinajstić information content (AvgIpc) is 2.33. The summed E-state index contributed by atoms with van der Waals surface area (Å²) in [5, 5.41) is 0. The lowest BCUT2D eigenvalue weighted by Crippen LogP contribution is -2.29. The Bertz CT molecular complexity index is 411. The Labute approximate surface area is 101 Å². The smallest absolute Gasteiger partial charge is 0.159 e. The Kier molecular flexibility index (Phi) is 3.89. The van der Waals surface area contributed by atoms with Gasteiger partial charge in [-0.1, -0.05) is 18.6 Å². The minimum absolute atomic E-state index is 0.0894. The summed E-state index contributed by atoms with van der Waals surface area (Å²) in [6.07, 6.45) is 3.68. The summed E-state index contributed by atoms with van der Waals surface area (Å²) in [6.45, 7) is 4.21. The van der Waals surface area contributed by atoms with Crippen molar-refractivity contribution in [2.45, 2.75) is 32.7 Å². The van der Waals surface area contributed by atoms with Crippen molar-refractivity contribution in [1.29, 1.82) is 0 Å². The zero-order valence-corrected chi connectivity index (χ0v) is 10.2. The first-order valence-electron chi connectivity index (χ1n) is 6.18. The fraction of sp³-hybridized carbons (Fsp3) is 0.500. The SMILES string of the molecule is CC(=O)c1ccc(CN2CCCCC2)c(F)c1. The van der Waals surface area contributed by atoms with Gasteiger partial charge < -0.3 is 0 Å². The van der Waals surface area contributed by atoms with E-state index in [0.29, 0.717) is 17.7 Å². The van der Waals surface area contributed by atoms with Gasteiger partial charge in [-0.05, 0) is 38.9 Å². The van der Waals surface area contributed by atoms with Gasteiger partial charge in [0.25, 0.3) is 0 Å². The Balaban J connectivity index is 2.08. The molecule has 3 heteroatoms.